The second-order valence-corrected chi connectivity index (χ2v) is 6.81. The number of hydrogen-bond donors (Lipinski definition) is 0. The van der Waals surface area contributed by atoms with Gasteiger partial charge in [0.1, 0.15) is 0 Å². The zero-order valence-electron chi connectivity index (χ0n) is 14.7. The summed E-state index contributed by atoms with van der Waals surface area (Å²) < 4.78 is 5.28. The molecule has 2 unspecified atom stereocenters. The lowest BCUT2D eigenvalue weighted by atomic mass is 9.71. The summed E-state index contributed by atoms with van der Waals surface area (Å²) >= 11 is 0. The number of hydrogen-bond acceptors (Lipinski definition) is 4. The first-order valence-corrected chi connectivity index (χ1v) is 8.92. The second-order valence-electron chi connectivity index (χ2n) is 6.81. The van der Waals surface area contributed by atoms with E-state index in [0.717, 1.165) is 18.6 Å². The SMILES string of the molecule is CCCCCCCCC12CCC(=O)C=C1C(=O)C(OC)C(C)=N2. The first kappa shape index (κ1) is 18.1. The van der Waals surface area contributed by atoms with E-state index >= 15 is 0 Å². The van der Waals surface area contributed by atoms with E-state index in [0.29, 0.717) is 18.4 Å². The Balaban J connectivity index is 2.12. The van der Waals surface area contributed by atoms with Gasteiger partial charge < -0.3 is 4.74 Å². The lowest BCUT2D eigenvalue weighted by molar-refractivity contribution is -0.124. The van der Waals surface area contributed by atoms with Crippen LogP contribution in [-0.4, -0.2) is 36.0 Å². The van der Waals surface area contributed by atoms with Crippen molar-refractivity contribution in [1.82, 2.24) is 0 Å². The molecule has 0 aromatic carbocycles. The number of methoxy groups -OCH3 is 1. The highest BCUT2D eigenvalue weighted by molar-refractivity contribution is 6.19. The number of allylic oxidation sites excluding steroid dienone is 1. The Bertz CT molecular complexity index is 521. The van der Waals surface area contributed by atoms with Gasteiger partial charge in [-0.1, -0.05) is 45.4 Å². The molecule has 0 aromatic rings. The van der Waals surface area contributed by atoms with Crippen molar-refractivity contribution < 1.29 is 14.3 Å². The Labute approximate surface area is 139 Å². The molecule has 1 heterocycles. The topological polar surface area (TPSA) is 55.7 Å². The predicted molar refractivity (Wildman–Crippen MR) is 92.0 cm³/mol. The summed E-state index contributed by atoms with van der Waals surface area (Å²) in [5, 5.41) is 0. The zero-order chi connectivity index (χ0) is 16.9. The Morgan fingerprint density at radius 1 is 1.22 bits per heavy atom. The number of rotatable bonds is 8. The number of ketones is 2. The molecule has 128 valence electrons. The van der Waals surface area contributed by atoms with Crippen LogP contribution in [0.5, 0.6) is 0 Å². The van der Waals surface area contributed by atoms with Gasteiger partial charge in [0.05, 0.1) is 5.54 Å². The van der Waals surface area contributed by atoms with Crippen LogP contribution >= 0.6 is 0 Å². The molecule has 0 aromatic heterocycles. The van der Waals surface area contributed by atoms with E-state index in [2.05, 4.69) is 6.92 Å². The molecule has 1 aliphatic carbocycles. The first-order chi connectivity index (χ1) is 11.0. The number of carbonyl (C=O) groups excluding carboxylic acids is 2. The lowest BCUT2D eigenvalue weighted by Gasteiger charge is -2.40. The van der Waals surface area contributed by atoms with Crippen molar-refractivity contribution >= 4 is 17.3 Å². The highest BCUT2D eigenvalue weighted by Crippen LogP contribution is 2.40. The molecule has 0 fully saturated rings. The maximum atomic E-state index is 12.7. The van der Waals surface area contributed by atoms with Crippen LogP contribution in [0.15, 0.2) is 16.6 Å². The summed E-state index contributed by atoms with van der Waals surface area (Å²) in [7, 11) is 1.52. The third-order valence-corrected chi connectivity index (χ3v) is 5.04. The van der Waals surface area contributed by atoms with Gasteiger partial charge in [0.15, 0.2) is 17.7 Å². The molecule has 0 saturated carbocycles. The average molecular weight is 319 g/mol. The largest absolute Gasteiger partial charge is 0.367 e. The van der Waals surface area contributed by atoms with Gasteiger partial charge in [0.25, 0.3) is 0 Å². The lowest BCUT2D eigenvalue weighted by Crippen LogP contribution is -2.48. The van der Waals surface area contributed by atoms with Crippen molar-refractivity contribution in [2.45, 2.75) is 83.3 Å². The molecule has 0 saturated heterocycles. The summed E-state index contributed by atoms with van der Waals surface area (Å²) in [6.07, 6.45) is 10.2. The fourth-order valence-electron chi connectivity index (χ4n) is 3.77. The molecule has 0 radical (unpaired) electrons. The molecule has 4 heteroatoms. The number of carbonyl (C=O) groups is 2. The number of Topliss-reactive ketones (excluding diaryl/α,β-unsaturated/α-hetero) is 1. The van der Waals surface area contributed by atoms with Crippen LogP contribution in [0.1, 0.15) is 71.6 Å². The first-order valence-electron chi connectivity index (χ1n) is 8.92. The summed E-state index contributed by atoms with van der Waals surface area (Å²) in [4.78, 5) is 29.4. The second kappa shape index (κ2) is 8.00. The minimum Gasteiger partial charge on any atom is -0.367 e. The van der Waals surface area contributed by atoms with Crippen molar-refractivity contribution in [2.24, 2.45) is 4.99 Å². The molecule has 1 aliphatic heterocycles. The summed E-state index contributed by atoms with van der Waals surface area (Å²) in [5.74, 6) is -0.0319. The number of ether oxygens (including phenoxy) is 1. The molecule has 0 spiro atoms. The van der Waals surface area contributed by atoms with Gasteiger partial charge in [-0.05, 0) is 25.8 Å². The molecular weight excluding hydrogens is 290 g/mol. The number of unbranched alkanes of at least 4 members (excludes halogenated alkanes) is 5. The zero-order valence-corrected chi connectivity index (χ0v) is 14.7. The van der Waals surface area contributed by atoms with Gasteiger partial charge in [-0.25, -0.2) is 0 Å². The quantitative estimate of drug-likeness (QED) is 0.639. The third kappa shape index (κ3) is 3.97. The Hall–Kier alpha value is -1.29. The Morgan fingerprint density at radius 2 is 1.91 bits per heavy atom. The van der Waals surface area contributed by atoms with Crippen LogP contribution in [0.2, 0.25) is 0 Å². The van der Waals surface area contributed by atoms with Gasteiger partial charge in [0, 0.05) is 24.8 Å². The van der Waals surface area contributed by atoms with Gasteiger partial charge in [0.2, 0.25) is 0 Å². The molecule has 0 bridgehead atoms. The monoisotopic (exact) mass is 319 g/mol. The van der Waals surface area contributed by atoms with E-state index in [1.807, 2.05) is 6.92 Å². The van der Waals surface area contributed by atoms with E-state index < -0.39 is 11.6 Å². The van der Waals surface area contributed by atoms with Crippen LogP contribution in [0.4, 0.5) is 0 Å². The molecule has 2 rings (SSSR count). The predicted octanol–water partition coefficient (Wildman–Crippen LogP) is 3.82. The maximum Gasteiger partial charge on any atom is 0.195 e. The standard InChI is InChI=1S/C19H29NO3/c1-4-5-6-7-8-9-11-19-12-10-15(21)13-16(19)17(22)18(23-3)14(2)20-19/h13,18H,4-12H2,1-3H3. The highest BCUT2D eigenvalue weighted by Gasteiger charge is 2.46. The maximum absolute atomic E-state index is 12.7. The van der Waals surface area contributed by atoms with Crippen LogP contribution in [0.3, 0.4) is 0 Å². The van der Waals surface area contributed by atoms with Gasteiger partial charge >= 0.3 is 0 Å². The van der Waals surface area contributed by atoms with Gasteiger partial charge in [-0.15, -0.1) is 0 Å². The molecule has 2 aliphatic rings. The summed E-state index contributed by atoms with van der Waals surface area (Å²) in [6.45, 7) is 4.08. The highest BCUT2D eigenvalue weighted by atomic mass is 16.5. The van der Waals surface area contributed by atoms with Gasteiger partial charge in [-0.3, -0.25) is 14.6 Å². The number of aliphatic imine (C=N–C) groups is 1. The van der Waals surface area contributed by atoms with Crippen molar-refractivity contribution in [3.05, 3.63) is 11.6 Å². The molecule has 0 N–H and O–H groups in total. The molecule has 0 amide bonds. The average Bonchev–Trinajstić information content (AvgIpc) is 2.53. The van der Waals surface area contributed by atoms with Crippen LogP contribution in [-0.2, 0) is 14.3 Å². The van der Waals surface area contributed by atoms with Crippen LogP contribution in [0, 0.1) is 0 Å². The fourth-order valence-corrected chi connectivity index (χ4v) is 3.77. The van der Waals surface area contributed by atoms with Crippen molar-refractivity contribution in [1.29, 1.82) is 0 Å². The molecule has 2 atom stereocenters. The normalized spacial score (nSPS) is 27.5. The summed E-state index contributed by atoms with van der Waals surface area (Å²) in [5.41, 5.74) is 0.851. The third-order valence-electron chi connectivity index (χ3n) is 5.04. The van der Waals surface area contributed by atoms with Crippen molar-refractivity contribution in [3.8, 4) is 0 Å². The number of nitrogens with zero attached hydrogens (tertiary/aromatic N) is 1. The molecule has 23 heavy (non-hydrogen) atoms. The van der Waals surface area contributed by atoms with Crippen LogP contribution in [0.25, 0.3) is 0 Å². The Morgan fingerprint density at radius 3 is 2.61 bits per heavy atom. The Kier molecular flexibility index (Phi) is 6.28. The summed E-state index contributed by atoms with van der Waals surface area (Å²) in [6, 6.07) is 0. The molecule has 4 nitrogen and oxygen atoms in total. The van der Waals surface area contributed by atoms with E-state index in [-0.39, 0.29) is 11.6 Å². The van der Waals surface area contributed by atoms with E-state index in [1.165, 1.54) is 45.3 Å². The van der Waals surface area contributed by atoms with Crippen molar-refractivity contribution in [2.75, 3.05) is 7.11 Å². The molecular formula is C19H29NO3. The van der Waals surface area contributed by atoms with Gasteiger partial charge in [-0.2, -0.15) is 0 Å². The van der Waals surface area contributed by atoms with E-state index in [4.69, 9.17) is 9.73 Å². The van der Waals surface area contributed by atoms with Crippen LogP contribution < -0.4 is 0 Å². The minimum absolute atomic E-state index is 0.0385. The minimum atomic E-state index is -0.621. The fraction of sp³-hybridized carbons (Fsp3) is 0.737. The number of fused-ring (bicyclic) bond motifs is 1. The van der Waals surface area contributed by atoms with E-state index in [9.17, 15) is 9.59 Å². The smallest absolute Gasteiger partial charge is 0.195 e. The van der Waals surface area contributed by atoms with Crippen molar-refractivity contribution in [3.63, 3.8) is 0 Å². The van der Waals surface area contributed by atoms with E-state index in [1.54, 1.807) is 0 Å².